The molecule has 0 aromatic rings. The van der Waals surface area contributed by atoms with Crippen LogP contribution in [0.1, 0.15) is 25.7 Å². The quantitative estimate of drug-likeness (QED) is 0.0373. The summed E-state index contributed by atoms with van der Waals surface area (Å²) in [6, 6.07) is -4.87. The van der Waals surface area contributed by atoms with Crippen LogP contribution in [0.4, 0.5) is 0 Å². The summed E-state index contributed by atoms with van der Waals surface area (Å²) in [5.41, 5.74) is 26.9. The van der Waals surface area contributed by atoms with Crippen molar-refractivity contribution in [2.75, 3.05) is 25.4 Å². The number of carboxylic acids is 1. The molecule has 0 bridgehead atoms. The smallest absolute Gasteiger partial charge is 0.328 e. The molecule has 0 rings (SSSR count). The highest BCUT2D eigenvalue weighted by atomic mass is 32.1. The summed E-state index contributed by atoms with van der Waals surface area (Å²) in [4.78, 5) is 56.3. The van der Waals surface area contributed by atoms with Gasteiger partial charge in [0.2, 0.25) is 17.7 Å². The zero-order valence-corrected chi connectivity index (χ0v) is 20.1. The van der Waals surface area contributed by atoms with Crippen LogP contribution in [-0.2, 0) is 19.2 Å². The molecule has 0 aliphatic carbocycles. The Balaban J connectivity index is 5.25. The number of hydrogen-bond acceptors (Lipinski definition) is 9. The number of carboxylic acid groups (broad SMARTS) is 1. The molecule has 0 fully saturated rings. The molecule has 17 heteroatoms. The first-order valence-corrected chi connectivity index (χ1v) is 11.3. The number of aliphatic hydroxyl groups is 1. The van der Waals surface area contributed by atoms with Crippen molar-refractivity contribution in [2.45, 2.75) is 49.9 Å². The molecule has 4 atom stereocenters. The lowest BCUT2D eigenvalue weighted by Gasteiger charge is -2.24. The van der Waals surface area contributed by atoms with Gasteiger partial charge in [-0.1, -0.05) is 0 Å². The number of hydrogen-bond donors (Lipinski definition) is 11. The van der Waals surface area contributed by atoms with Crippen molar-refractivity contribution in [3.63, 3.8) is 0 Å². The molecule has 0 aliphatic rings. The van der Waals surface area contributed by atoms with E-state index in [1.807, 2.05) is 0 Å². The molecule has 0 saturated carbocycles. The lowest BCUT2D eigenvalue weighted by Crippen LogP contribution is -2.58. The number of aliphatic carboxylic acids is 1. The fourth-order valence-electron chi connectivity index (χ4n) is 2.63. The van der Waals surface area contributed by atoms with Gasteiger partial charge in [-0.15, -0.1) is 0 Å². The van der Waals surface area contributed by atoms with Crippen LogP contribution in [0.15, 0.2) is 9.98 Å². The fraction of sp³-hybridized carbons (Fsp3) is 0.667. The Morgan fingerprint density at radius 1 is 0.771 bits per heavy atom. The van der Waals surface area contributed by atoms with E-state index < -0.39 is 54.5 Å². The average molecular weight is 521 g/mol. The number of carbonyl (C=O) groups excluding carboxylic acids is 3. The van der Waals surface area contributed by atoms with E-state index in [-0.39, 0.29) is 43.6 Å². The van der Waals surface area contributed by atoms with Gasteiger partial charge in [0.15, 0.2) is 11.9 Å². The zero-order valence-electron chi connectivity index (χ0n) is 19.2. The first-order valence-electron chi connectivity index (χ1n) is 10.6. The topological polar surface area (TPSA) is 300 Å². The van der Waals surface area contributed by atoms with E-state index in [4.69, 9.17) is 38.9 Å². The van der Waals surface area contributed by atoms with Gasteiger partial charge < -0.3 is 54.8 Å². The van der Waals surface area contributed by atoms with Crippen LogP contribution in [0.3, 0.4) is 0 Å². The number of nitrogens with two attached hydrogens (primary N) is 5. The summed E-state index contributed by atoms with van der Waals surface area (Å²) in [5.74, 6) is -4.09. The van der Waals surface area contributed by atoms with Crippen molar-refractivity contribution in [1.29, 1.82) is 0 Å². The van der Waals surface area contributed by atoms with Gasteiger partial charge in [-0.2, -0.15) is 12.6 Å². The minimum atomic E-state index is -1.56. The van der Waals surface area contributed by atoms with E-state index in [1.165, 1.54) is 0 Å². The average Bonchev–Trinajstić information content (AvgIpc) is 2.79. The highest BCUT2D eigenvalue weighted by molar-refractivity contribution is 7.80. The van der Waals surface area contributed by atoms with Gasteiger partial charge in [0.1, 0.15) is 18.1 Å². The molecule has 200 valence electrons. The summed E-state index contributed by atoms with van der Waals surface area (Å²) < 4.78 is 0. The van der Waals surface area contributed by atoms with E-state index >= 15 is 0 Å². The maximum atomic E-state index is 12.9. The highest BCUT2D eigenvalue weighted by Gasteiger charge is 2.29. The van der Waals surface area contributed by atoms with Gasteiger partial charge in [-0.3, -0.25) is 24.4 Å². The Labute approximate surface area is 207 Å². The van der Waals surface area contributed by atoms with Crippen LogP contribution in [0, 0.1) is 0 Å². The predicted molar refractivity (Wildman–Crippen MR) is 132 cm³/mol. The van der Waals surface area contributed by atoms with Gasteiger partial charge in [-0.05, 0) is 25.7 Å². The van der Waals surface area contributed by atoms with E-state index in [0.29, 0.717) is 12.8 Å². The molecule has 0 spiro atoms. The molecular formula is C18H36N10O6S. The van der Waals surface area contributed by atoms with E-state index in [2.05, 4.69) is 38.6 Å². The number of guanidine groups is 2. The number of thiol groups is 1. The van der Waals surface area contributed by atoms with E-state index in [0.717, 1.165) is 0 Å². The number of aliphatic hydroxyl groups excluding tert-OH is 1. The Morgan fingerprint density at radius 2 is 1.23 bits per heavy atom. The zero-order chi connectivity index (χ0) is 27.0. The maximum Gasteiger partial charge on any atom is 0.328 e. The molecule has 16 nitrogen and oxygen atoms in total. The number of rotatable bonds is 17. The Kier molecular flexibility index (Phi) is 15.5. The predicted octanol–water partition coefficient (Wildman–Crippen LogP) is -5.12. The number of amides is 3. The van der Waals surface area contributed by atoms with Crippen molar-refractivity contribution in [3.8, 4) is 0 Å². The van der Waals surface area contributed by atoms with Crippen LogP contribution in [-0.4, -0.2) is 95.4 Å². The molecule has 0 aromatic carbocycles. The van der Waals surface area contributed by atoms with Crippen LogP contribution >= 0.6 is 12.6 Å². The van der Waals surface area contributed by atoms with Gasteiger partial charge in [0.25, 0.3) is 0 Å². The monoisotopic (exact) mass is 520 g/mol. The van der Waals surface area contributed by atoms with Crippen molar-refractivity contribution in [2.24, 2.45) is 38.7 Å². The largest absolute Gasteiger partial charge is 0.480 e. The third-order valence-electron chi connectivity index (χ3n) is 4.50. The molecule has 0 saturated heterocycles. The van der Waals surface area contributed by atoms with Gasteiger partial charge in [0, 0.05) is 18.8 Å². The lowest BCUT2D eigenvalue weighted by molar-refractivity contribution is -0.143. The molecule has 4 unspecified atom stereocenters. The molecule has 0 heterocycles. The SMILES string of the molecule is NC(N)=NCCCC(N)C(=O)NC(CCCN=C(N)N)C(=O)NC(CS)C(=O)NC(CO)C(=O)O. The minimum Gasteiger partial charge on any atom is -0.480 e. The molecule has 35 heavy (non-hydrogen) atoms. The number of nitrogens with one attached hydrogen (secondary N) is 3. The van der Waals surface area contributed by atoms with Crippen LogP contribution in [0.2, 0.25) is 0 Å². The van der Waals surface area contributed by atoms with Crippen LogP contribution < -0.4 is 44.6 Å². The lowest BCUT2D eigenvalue weighted by atomic mass is 10.1. The second-order valence-corrected chi connectivity index (χ2v) is 7.76. The normalized spacial score (nSPS) is 13.9. The maximum absolute atomic E-state index is 12.9. The second kappa shape index (κ2) is 17.2. The minimum absolute atomic E-state index is 0.0861. The first kappa shape index (κ1) is 31.7. The third kappa shape index (κ3) is 13.9. The second-order valence-electron chi connectivity index (χ2n) is 7.39. The summed E-state index contributed by atoms with van der Waals surface area (Å²) in [6.45, 7) is -0.395. The molecule has 3 amide bonds. The first-order chi connectivity index (χ1) is 16.4. The highest BCUT2D eigenvalue weighted by Crippen LogP contribution is 2.03. The molecular weight excluding hydrogens is 484 g/mol. The van der Waals surface area contributed by atoms with E-state index in [9.17, 15) is 19.2 Å². The Hall–Kier alpha value is -3.31. The Bertz CT molecular complexity index is 773. The summed E-state index contributed by atoms with van der Waals surface area (Å²) in [6.07, 6.45) is 1.07. The van der Waals surface area contributed by atoms with Gasteiger partial charge in [0.05, 0.1) is 12.6 Å². The number of aliphatic imine (C=N–C) groups is 2. The molecule has 0 radical (unpaired) electrons. The van der Waals surface area contributed by atoms with E-state index in [1.54, 1.807) is 0 Å². The van der Waals surface area contributed by atoms with Crippen molar-refractivity contribution in [1.82, 2.24) is 16.0 Å². The van der Waals surface area contributed by atoms with Crippen molar-refractivity contribution in [3.05, 3.63) is 0 Å². The van der Waals surface area contributed by atoms with Gasteiger partial charge in [-0.25, -0.2) is 4.79 Å². The summed E-state index contributed by atoms with van der Waals surface area (Å²) in [7, 11) is 0. The Morgan fingerprint density at radius 3 is 1.69 bits per heavy atom. The number of nitrogens with zero attached hydrogens (tertiary/aromatic N) is 2. The molecule has 15 N–H and O–H groups in total. The van der Waals surface area contributed by atoms with Gasteiger partial charge >= 0.3 is 5.97 Å². The molecule has 0 aromatic heterocycles. The molecule has 0 aliphatic heterocycles. The van der Waals surface area contributed by atoms with Crippen molar-refractivity contribution < 1.29 is 29.4 Å². The van der Waals surface area contributed by atoms with Crippen LogP contribution in [0.25, 0.3) is 0 Å². The third-order valence-corrected chi connectivity index (χ3v) is 4.86. The van der Waals surface area contributed by atoms with Crippen molar-refractivity contribution >= 4 is 48.2 Å². The number of carbonyl (C=O) groups is 4. The fourth-order valence-corrected chi connectivity index (χ4v) is 2.88. The summed E-state index contributed by atoms with van der Waals surface area (Å²) >= 11 is 4.01. The summed E-state index contributed by atoms with van der Waals surface area (Å²) in [5, 5.41) is 25.1. The van der Waals surface area contributed by atoms with Crippen LogP contribution in [0.5, 0.6) is 0 Å². The standard InChI is InChI=1S/C18H36N10O6S/c19-9(3-1-5-24-17(20)21)13(30)26-10(4-2-6-25-18(22)23)14(31)28-12(8-35)15(32)27-11(7-29)16(33)34/h9-12,29,35H,1-8,19H2,(H,26,30)(H,27,32)(H,28,31)(H,33,34)(H4,20,21,24)(H4,22,23,25).